The van der Waals surface area contributed by atoms with Crippen LogP contribution in [0.2, 0.25) is 0 Å². The van der Waals surface area contributed by atoms with Gasteiger partial charge in [-0.1, -0.05) is 74.5 Å². The van der Waals surface area contributed by atoms with Crippen molar-refractivity contribution in [2.75, 3.05) is 0 Å². The lowest BCUT2D eigenvalue weighted by Gasteiger charge is -2.20. The summed E-state index contributed by atoms with van der Waals surface area (Å²) in [5.74, 6) is 0.0896. The zero-order valence-electron chi connectivity index (χ0n) is 12.0. The van der Waals surface area contributed by atoms with Gasteiger partial charge in [-0.3, -0.25) is 4.79 Å². The monoisotopic (exact) mass is 267 g/mol. The molecule has 0 bridgehead atoms. The van der Waals surface area contributed by atoms with Crippen molar-refractivity contribution in [2.45, 2.75) is 26.3 Å². The molecule has 20 heavy (non-hydrogen) atoms. The van der Waals surface area contributed by atoms with Crippen molar-refractivity contribution in [3.05, 3.63) is 71.8 Å². The van der Waals surface area contributed by atoms with Gasteiger partial charge in [0.25, 0.3) is 0 Å². The Bertz CT molecular complexity index is 534. The van der Waals surface area contributed by atoms with Crippen molar-refractivity contribution in [1.82, 2.24) is 5.32 Å². The first-order chi connectivity index (χ1) is 9.66. The van der Waals surface area contributed by atoms with E-state index in [1.807, 2.05) is 50.2 Å². The van der Waals surface area contributed by atoms with Crippen molar-refractivity contribution >= 4 is 5.91 Å². The Labute approximate surface area is 120 Å². The van der Waals surface area contributed by atoms with E-state index < -0.39 is 0 Å². The maximum Gasteiger partial charge on any atom is 0.223 e. The maximum atomic E-state index is 12.0. The molecule has 1 N–H and O–H groups in total. The second-order valence-corrected chi connectivity index (χ2v) is 5.32. The molecular formula is C18H21NO. The minimum absolute atomic E-state index is 0.00279. The molecule has 0 aliphatic heterocycles. The summed E-state index contributed by atoms with van der Waals surface area (Å²) in [6.07, 6.45) is 0.809. The van der Waals surface area contributed by atoms with E-state index in [0.717, 1.165) is 12.0 Å². The molecule has 0 heterocycles. The fraction of sp³-hybridized carbons (Fsp3) is 0.278. The summed E-state index contributed by atoms with van der Waals surface area (Å²) in [4.78, 5) is 12.0. The standard InChI is InChI=1S/C18H21NO/c1-14(2)18(20)19-17(16-11-7-4-8-12-16)13-15-9-5-3-6-10-15/h3-12,14,17H,13H2,1-2H3,(H,19,20). The van der Waals surface area contributed by atoms with Gasteiger partial charge in [0.2, 0.25) is 5.91 Å². The van der Waals surface area contributed by atoms with Crippen LogP contribution in [0.25, 0.3) is 0 Å². The topological polar surface area (TPSA) is 29.1 Å². The van der Waals surface area contributed by atoms with Crippen LogP contribution in [0.5, 0.6) is 0 Å². The lowest BCUT2D eigenvalue weighted by atomic mass is 9.98. The van der Waals surface area contributed by atoms with Crippen molar-refractivity contribution in [2.24, 2.45) is 5.92 Å². The second kappa shape index (κ2) is 6.90. The van der Waals surface area contributed by atoms with E-state index in [1.54, 1.807) is 0 Å². The first-order valence-electron chi connectivity index (χ1n) is 7.06. The van der Waals surface area contributed by atoms with E-state index >= 15 is 0 Å². The molecule has 0 saturated heterocycles. The summed E-state index contributed by atoms with van der Waals surface area (Å²) in [6, 6.07) is 20.4. The predicted molar refractivity (Wildman–Crippen MR) is 82.3 cm³/mol. The summed E-state index contributed by atoms with van der Waals surface area (Å²) in [5.41, 5.74) is 2.37. The highest BCUT2D eigenvalue weighted by Gasteiger charge is 2.16. The van der Waals surface area contributed by atoms with Gasteiger partial charge in [0.15, 0.2) is 0 Å². The van der Waals surface area contributed by atoms with E-state index in [1.165, 1.54) is 5.56 Å². The number of carbonyl (C=O) groups is 1. The van der Waals surface area contributed by atoms with Gasteiger partial charge in [0, 0.05) is 5.92 Å². The molecule has 0 radical (unpaired) electrons. The van der Waals surface area contributed by atoms with Crippen LogP contribution < -0.4 is 5.32 Å². The fourth-order valence-electron chi connectivity index (χ4n) is 2.13. The van der Waals surface area contributed by atoms with Gasteiger partial charge in [-0.25, -0.2) is 0 Å². The Hall–Kier alpha value is -2.09. The van der Waals surface area contributed by atoms with Crippen LogP contribution in [0.4, 0.5) is 0 Å². The molecule has 1 atom stereocenters. The van der Waals surface area contributed by atoms with E-state index in [9.17, 15) is 4.79 Å². The number of benzene rings is 2. The summed E-state index contributed by atoms with van der Waals surface area (Å²) in [7, 11) is 0. The van der Waals surface area contributed by atoms with Crippen molar-refractivity contribution < 1.29 is 4.79 Å². The molecule has 1 amide bonds. The maximum absolute atomic E-state index is 12.0. The molecule has 2 rings (SSSR count). The first kappa shape index (κ1) is 14.3. The largest absolute Gasteiger partial charge is 0.349 e. The number of amides is 1. The molecule has 0 aliphatic carbocycles. The Morgan fingerprint density at radius 3 is 2.05 bits per heavy atom. The number of hydrogen-bond acceptors (Lipinski definition) is 1. The highest BCUT2D eigenvalue weighted by molar-refractivity contribution is 5.78. The predicted octanol–water partition coefficient (Wildman–Crippen LogP) is 3.74. The van der Waals surface area contributed by atoms with E-state index in [0.29, 0.717) is 0 Å². The third-order valence-electron chi connectivity index (χ3n) is 3.33. The van der Waals surface area contributed by atoms with Gasteiger partial charge in [0.05, 0.1) is 6.04 Å². The average Bonchev–Trinajstić information content (AvgIpc) is 2.48. The van der Waals surface area contributed by atoms with Crippen molar-refractivity contribution in [1.29, 1.82) is 0 Å². The summed E-state index contributed by atoms with van der Waals surface area (Å²) >= 11 is 0. The van der Waals surface area contributed by atoms with Gasteiger partial charge in [-0.05, 0) is 17.5 Å². The number of rotatable bonds is 5. The molecule has 0 aromatic heterocycles. The molecule has 2 aromatic carbocycles. The fourth-order valence-corrected chi connectivity index (χ4v) is 2.13. The quantitative estimate of drug-likeness (QED) is 0.878. The Balaban J connectivity index is 2.18. The molecule has 2 nitrogen and oxygen atoms in total. The minimum atomic E-state index is -0.00279. The Kier molecular flexibility index (Phi) is 4.94. The van der Waals surface area contributed by atoms with E-state index in [-0.39, 0.29) is 17.9 Å². The van der Waals surface area contributed by atoms with Gasteiger partial charge in [-0.2, -0.15) is 0 Å². The SMILES string of the molecule is CC(C)C(=O)NC(Cc1ccccc1)c1ccccc1. The number of hydrogen-bond donors (Lipinski definition) is 1. The Morgan fingerprint density at radius 1 is 0.950 bits per heavy atom. The molecule has 0 aliphatic rings. The van der Waals surface area contributed by atoms with E-state index in [2.05, 4.69) is 29.6 Å². The van der Waals surface area contributed by atoms with Crippen molar-refractivity contribution in [3.8, 4) is 0 Å². The summed E-state index contributed by atoms with van der Waals surface area (Å²) < 4.78 is 0. The van der Waals surface area contributed by atoms with Gasteiger partial charge >= 0.3 is 0 Å². The van der Waals surface area contributed by atoms with Gasteiger partial charge < -0.3 is 5.32 Å². The zero-order chi connectivity index (χ0) is 14.4. The average molecular weight is 267 g/mol. The first-order valence-corrected chi connectivity index (χ1v) is 7.06. The number of nitrogens with one attached hydrogen (secondary N) is 1. The van der Waals surface area contributed by atoms with Crippen LogP contribution in [0.1, 0.15) is 31.0 Å². The summed E-state index contributed by atoms with van der Waals surface area (Å²) in [5, 5.41) is 3.14. The lowest BCUT2D eigenvalue weighted by Crippen LogP contribution is -2.33. The van der Waals surface area contributed by atoms with E-state index in [4.69, 9.17) is 0 Å². The third-order valence-corrected chi connectivity index (χ3v) is 3.33. The zero-order valence-corrected chi connectivity index (χ0v) is 12.0. The molecule has 104 valence electrons. The van der Waals surface area contributed by atoms with Gasteiger partial charge in [-0.15, -0.1) is 0 Å². The van der Waals surface area contributed by atoms with Crippen LogP contribution >= 0.6 is 0 Å². The van der Waals surface area contributed by atoms with Gasteiger partial charge in [0.1, 0.15) is 0 Å². The molecular weight excluding hydrogens is 246 g/mol. The van der Waals surface area contributed by atoms with Crippen LogP contribution in [0.15, 0.2) is 60.7 Å². The normalized spacial score (nSPS) is 12.2. The molecule has 1 unspecified atom stereocenters. The Morgan fingerprint density at radius 2 is 1.50 bits per heavy atom. The molecule has 0 fully saturated rings. The van der Waals surface area contributed by atoms with Crippen LogP contribution in [-0.2, 0) is 11.2 Å². The highest BCUT2D eigenvalue weighted by Crippen LogP contribution is 2.18. The minimum Gasteiger partial charge on any atom is -0.349 e. The molecule has 2 aromatic rings. The van der Waals surface area contributed by atoms with Crippen LogP contribution in [0, 0.1) is 5.92 Å². The third kappa shape index (κ3) is 3.95. The van der Waals surface area contributed by atoms with Crippen LogP contribution in [0.3, 0.4) is 0 Å². The lowest BCUT2D eigenvalue weighted by molar-refractivity contribution is -0.124. The molecule has 0 spiro atoms. The summed E-state index contributed by atoms with van der Waals surface area (Å²) in [6.45, 7) is 3.83. The molecule has 2 heteroatoms. The van der Waals surface area contributed by atoms with Crippen molar-refractivity contribution in [3.63, 3.8) is 0 Å². The molecule has 0 saturated carbocycles. The highest BCUT2D eigenvalue weighted by atomic mass is 16.1. The second-order valence-electron chi connectivity index (χ2n) is 5.32. The van der Waals surface area contributed by atoms with Crippen LogP contribution in [-0.4, -0.2) is 5.91 Å². The smallest absolute Gasteiger partial charge is 0.223 e. The number of carbonyl (C=O) groups excluding carboxylic acids is 1.